The van der Waals surface area contributed by atoms with Gasteiger partial charge in [0.05, 0.1) is 16.3 Å². The summed E-state index contributed by atoms with van der Waals surface area (Å²) in [7, 11) is 0. The molecule has 0 bridgehead atoms. The number of hydrogen-bond acceptors (Lipinski definition) is 4. The monoisotopic (exact) mass is 389 g/mol. The molecule has 0 spiro atoms. The molecule has 5 nitrogen and oxygen atoms in total. The summed E-state index contributed by atoms with van der Waals surface area (Å²) in [5.41, 5.74) is -1.03. The summed E-state index contributed by atoms with van der Waals surface area (Å²) >= 11 is 5.82. The standard InChI is InChI=1S/C17H15ClF3NO4/c1-8-6-12(9(2)25-8)16(24)26-10(3)15(23)22-14-7-11(17(19,20)21)4-5-13(14)18/h4-7,10H,1-3H3,(H,22,23)/t10-/m0/s1. The van der Waals surface area contributed by atoms with Gasteiger partial charge in [0.15, 0.2) is 6.10 Å². The SMILES string of the molecule is Cc1cc(C(=O)O[C@@H](C)C(=O)Nc2cc(C(F)(F)F)ccc2Cl)c(C)o1. The molecule has 0 fully saturated rings. The second-order valence-corrected chi connectivity index (χ2v) is 5.96. The van der Waals surface area contributed by atoms with Gasteiger partial charge in [-0.2, -0.15) is 13.2 Å². The summed E-state index contributed by atoms with van der Waals surface area (Å²) in [5.74, 6) is -0.766. The van der Waals surface area contributed by atoms with E-state index < -0.39 is 29.7 Å². The van der Waals surface area contributed by atoms with E-state index in [1.807, 2.05) is 0 Å². The molecule has 9 heteroatoms. The fourth-order valence-electron chi connectivity index (χ4n) is 2.14. The minimum absolute atomic E-state index is 0.0776. The van der Waals surface area contributed by atoms with Gasteiger partial charge < -0.3 is 14.5 Å². The van der Waals surface area contributed by atoms with Gasteiger partial charge in [0.1, 0.15) is 17.1 Å². The molecule has 2 aromatic rings. The molecule has 0 aliphatic carbocycles. The Morgan fingerprint density at radius 3 is 2.42 bits per heavy atom. The zero-order valence-corrected chi connectivity index (χ0v) is 14.8. The van der Waals surface area contributed by atoms with Crippen molar-refractivity contribution >= 4 is 29.2 Å². The maximum Gasteiger partial charge on any atom is 0.416 e. The van der Waals surface area contributed by atoms with Gasteiger partial charge in [-0.15, -0.1) is 0 Å². The molecule has 0 unspecified atom stereocenters. The Hall–Kier alpha value is -2.48. The molecule has 26 heavy (non-hydrogen) atoms. The molecule has 140 valence electrons. The van der Waals surface area contributed by atoms with Crippen LogP contribution in [-0.2, 0) is 15.7 Å². The normalized spacial score (nSPS) is 12.6. The quantitative estimate of drug-likeness (QED) is 0.766. The summed E-state index contributed by atoms with van der Waals surface area (Å²) in [6, 6.07) is 3.99. The number of rotatable bonds is 4. The van der Waals surface area contributed by atoms with Crippen LogP contribution in [0.2, 0.25) is 5.02 Å². The third-order valence-corrected chi connectivity index (χ3v) is 3.80. The van der Waals surface area contributed by atoms with Crippen LogP contribution in [0.1, 0.15) is 34.4 Å². The number of furan rings is 1. The highest BCUT2D eigenvalue weighted by molar-refractivity contribution is 6.33. The lowest BCUT2D eigenvalue weighted by molar-refractivity contribution is -0.137. The van der Waals surface area contributed by atoms with Crippen molar-refractivity contribution in [3.63, 3.8) is 0 Å². The molecule has 0 saturated carbocycles. The summed E-state index contributed by atoms with van der Waals surface area (Å²) < 4.78 is 48.5. The fraction of sp³-hybridized carbons (Fsp3) is 0.294. The minimum atomic E-state index is -4.58. The first-order valence-corrected chi connectivity index (χ1v) is 7.82. The first-order valence-electron chi connectivity index (χ1n) is 7.44. The fourth-order valence-corrected chi connectivity index (χ4v) is 2.31. The Labute approximate surface area is 152 Å². The molecule has 1 N–H and O–H groups in total. The van der Waals surface area contributed by atoms with Gasteiger partial charge in [0.2, 0.25) is 0 Å². The number of benzene rings is 1. The molecular formula is C17H15ClF3NO4. The number of esters is 1. The molecular weight excluding hydrogens is 375 g/mol. The molecule has 0 saturated heterocycles. The Bertz CT molecular complexity index is 845. The third kappa shape index (κ3) is 4.57. The van der Waals surface area contributed by atoms with Crippen LogP contribution in [0.4, 0.5) is 18.9 Å². The van der Waals surface area contributed by atoms with E-state index in [9.17, 15) is 22.8 Å². The van der Waals surface area contributed by atoms with Gasteiger partial charge in [-0.05, 0) is 45.0 Å². The highest BCUT2D eigenvalue weighted by atomic mass is 35.5. The van der Waals surface area contributed by atoms with Crippen LogP contribution in [-0.4, -0.2) is 18.0 Å². The van der Waals surface area contributed by atoms with E-state index in [0.717, 1.165) is 12.1 Å². The number of carbonyl (C=O) groups excluding carboxylic acids is 2. The lowest BCUT2D eigenvalue weighted by Gasteiger charge is -2.15. The average molecular weight is 390 g/mol. The lowest BCUT2D eigenvalue weighted by atomic mass is 10.2. The van der Waals surface area contributed by atoms with E-state index in [1.165, 1.54) is 13.0 Å². The Kier molecular flexibility index (Phi) is 5.65. The van der Waals surface area contributed by atoms with Gasteiger partial charge in [0, 0.05) is 0 Å². The van der Waals surface area contributed by atoms with E-state index in [2.05, 4.69) is 5.32 Å². The number of halogens is 4. The molecule has 0 aliphatic heterocycles. The second-order valence-electron chi connectivity index (χ2n) is 5.56. The largest absolute Gasteiger partial charge is 0.466 e. The number of anilines is 1. The molecule has 1 aromatic carbocycles. The average Bonchev–Trinajstić information content (AvgIpc) is 2.86. The number of alkyl halides is 3. The Balaban J connectivity index is 2.10. The van der Waals surface area contributed by atoms with E-state index in [1.54, 1.807) is 13.8 Å². The highest BCUT2D eigenvalue weighted by Crippen LogP contribution is 2.33. The van der Waals surface area contributed by atoms with Crippen molar-refractivity contribution in [1.29, 1.82) is 0 Å². The van der Waals surface area contributed by atoms with Gasteiger partial charge in [-0.3, -0.25) is 4.79 Å². The van der Waals surface area contributed by atoms with E-state index in [4.69, 9.17) is 20.8 Å². The van der Waals surface area contributed by atoms with Gasteiger partial charge in [-0.25, -0.2) is 4.79 Å². The molecule has 1 aromatic heterocycles. The lowest BCUT2D eigenvalue weighted by Crippen LogP contribution is -2.30. The number of carbonyl (C=O) groups is 2. The topological polar surface area (TPSA) is 68.5 Å². The van der Waals surface area contributed by atoms with Crippen molar-refractivity contribution in [3.8, 4) is 0 Å². The number of nitrogens with one attached hydrogen (secondary N) is 1. The Morgan fingerprint density at radius 2 is 1.88 bits per heavy atom. The van der Waals surface area contributed by atoms with Crippen LogP contribution >= 0.6 is 11.6 Å². The maximum absolute atomic E-state index is 12.8. The van der Waals surface area contributed by atoms with Crippen molar-refractivity contribution in [3.05, 3.63) is 51.9 Å². The molecule has 1 atom stereocenters. The van der Waals surface area contributed by atoms with Crippen LogP contribution < -0.4 is 5.32 Å². The molecule has 1 amide bonds. The molecule has 1 heterocycles. The molecule has 0 aliphatic rings. The number of ether oxygens (including phenoxy) is 1. The number of hydrogen-bond donors (Lipinski definition) is 1. The van der Waals surface area contributed by atoms with E-state index in [-0.39, 0.29) is 16.3 Å². The first-order chi connectivity index (χ1) is 12.0. The molecule has 2 rings (SSSR count). The van der Waals surface area contributed by atoms with Crippen molar-refractivity contribution in [2.24, 2.45) is 0 Å². The van der Waals surface area contributed by atoms with Gasteiger partial charge in [0.25, 0.3) is 5.91 Å². The van der Waals surface area contributed by atoms with Gasteiger partial charge >= 0.3 is 12.1 Å². The Morgan fingerprint density at radius 1 is 1.23 bits per heavy atom. The summed E-state index contributed by atoms with van der Waals surface area (Å²) in [5, 5.41) is 2.15. The second kappa shape index (κ2) is 7.41. The minimum Gasteiger partial charge on any atom is -0.466 e. The predicted molar refractivity (Wildman–Crippen MR) is 88.1 cm³/mol. The zero-order chi connectivity index (χ0) is 19.6. The zero-order valence-electron chi connectivity index (χ0n) is 14.0. The molecule has 0 radical (unpaired) electrons. The summed E-state index contributed by atoms with van der Waals surface area (Å²) in [4.78, 5) is 24.2. The number of aryl methyl sites for hydroxylation is 2. The number of amides is 1. The van der Waals surface area contributed by atoms with Crippen molar-refractivity contribution in [2.75, 3.05) is 5.32 Å². The first kappa shape index (κ1) is 19.8. The smallest absolute Gasteiger partial charge is 0.416 e. The third-order valence-electron chi connectivity index (χ3n) is 3.47. The van der Waals surface area contributed by atoms with Crippen molar-refractivity contribution in [1.82, 2.24) is 0 Å². The summed E-state index contributed by atoms with van der Waals surface area (Å²) in [6.45, 7) is 4.50. The maximum atomic E-state index is 12.8. The highest BCUT2D eigenvalue weighted by Gasteiger charge is 2.31. The van der Waals surface area contributed by atoms with E-state index >= 15 is 0 Å². The van der Waals surface area contributed by atoms with Crippen LogP contribution in [0.25, 0.3) is 0 Å². The van der Waals surface area contributed by atoms with Crippen molar-refractivity contribution < 1.29 is 31.9 Å². The van der Waals surface area contributed by atoms with Crippen LogP contribution in [0.3, 0.4) is 0 Å². The van der Waals surface area contributed by atoms with Gasteiger partial charge in [-0.1, -0.05) is 11.6 Å². The predicted octanol–water partition coefficient (Wildman–Crippen LogP) is 4.75. The van der Waals surface area contributed by atoms with Crippen LogP contribution in [0, 0.1) is 13.8 Å². The summed E-state index contributed by atoms with van der Waals surface area (Å²) in [6.07, 6.45) is -5.85. The van der Waals surface area contributed by atoms with Crippen LogP contribution in [0.5, 0.6) is 0 Å². The van der Waals surface area contributed by atoms with Crippen LogP contribution in [0.15, 0.2) is 28.7 Å². The van der Waals surface area contributed by atoms with E-state index in [0.29, 0.717) is 17.6 Å². The van der Waals surface area contributed by atoms with Crippen molar-refractivity contribution in [2.45, 2.75) is 33.1 Å².